The Balaban J connectivity index is 2.91. The Morgan fingerprint density at radius 1 is 1.38 bits per heavy atom. The van der Waals surface area contributed by atoms with Gasteiger partial charge in [0, 0.05) is 17.8 Å². The number of alkyl halides is 3. The number of carbonyl (C=O) groups excluding carboxylic acids is 1. The lowest BCUT2D eigenvalue weighted by Gasteiger charge is -2.14. The van der Waals surface area contributed by atoms with Crippen LogP contribution in [-0.2, 0) is 9.53 Å². The number of hydrogen-bond donors (Lipinski definition) is 1. The molecule has 0 atom stereocenters. The first kappa shape index (κ1) is 16.8. The molecule has 0 aromatic heterocycles. The molecule has 1 aromatic carbocycles. The van der Waals surface area contributed by atoms with Gasteiger partial charge in [-0.2, -0.15) is 13.2 Å². The van der Waals surface area contributed by atoms with Gasteiger partial charge >= 0.3 is 12.1 Å². The van der Waals surface area contributed by atoms with Crippen molar-refractivity contribution in [2.24, 2.45) is 0 Å². The van der Waals surface area contributed by atoms with Gasteiger partial charge in [0.15, 0.2) is 6.61 Å². The first-order chi connectivity index (χ1) is 9.71. The Labute approximate surface area is 118 Å². The van der Waals surface area contributed by atoms with Crippen LogP contribution in [0.15, 0.2) is 30.0 Å². The van der Waals surface area contributed by atoms with E-state index >= 15 is 0 Å². The summed E-state index contributed by atoms with van der Waals surface area (Å²) < 4.78 is 58.5. The minimum Gasteiger partial charge on any atom is -0.482 e. The largest absolute Gasteiger partial charge is 0.482 e. The zero-order chi connectivity index (χ0) is 16.0. The van der Waals surface area contributed by atoms with Crippen LogP contribution < -0.4 is 10.1 Å². The molecule has 4 nitrogen and oxygen atoms in total. The fraction of sp³-hybridized carbons (Fsp3) is 0.308. The van der Waals surface area contributed by atoms with Crippen molar-refractivity contribution in [3.05, 3.63) is 35.8 Å². The minimum atomic E-state index is -4.54. The molecule has 0 amide bonds. The highest BCUT2D eigenvalue weighted by Crippen LogP contribution is 2.28. The van der Waals surface area contributed by atoms with Crippen LogP contribution in [0.5, 0.6) is 5.75 Å². The number of nitrogens with one attached hydrogen (secondary N) is 1. The van der Waals surface area contributed by atoms with Gasteiger partial charge in [0.25, 0.3) is 0 Å². The van der Waals surface area contributed by atoms with Gasteiger partial charge in [-0.3, -0.25) is 0 Å². The highest BCUT2D eigenvalue weighted by atomic mass is 19.4. The van der Waals surface area contributed by atoms with Crippen LogP contribution in [0, 0.1) is 5.82 Å². The van der Waals surface area contributed by atoms with Crippen molar-refractivity contribution in [2.45, 2.75) is 13.1 Å². The fourth-order valence-electron chi connectivity index (χ4n) is 1.36. The number of benzene rings is 1. The molecule has 0 aliphatic heterocycles. The van der Waals surface area contributed by atoms with Crippen LogP contribution in [0.4, 0.5) is 23.2 Å². The van der Waals surface area contributed by atoms with Crippen LogP contribution in [-0.4, -0.2) is 25.9 Å². The van der Waals surface area contributed by atoms with E-state index in [1.165, 1.54) is 20.1 Å². The Kier molecular flexibility index (Phi) is 5.57. The Morgan fingerprint density at radius 2 is 2.05 bits per heavy atom. The molecule has 116 valence electrons. The molecule has 1 N–H and O–H groups in total. The van der Waals surface area contributed by atoms with Gasteiger partial charge in [0.1, 0.15) is 11.6 Å². The average molecular weight is 307 g/mol. The van der Waals surface area contributed by atoms with Crippen molar-refractivity contribution < 1.29 is 31.8 Å². The molecule has 0 saturated heterocycles. The van der Waals surface area contributed by atoms with Crippen molar-refractivity contribution in [1.82, 2.24) is 0 Å². The lowest BCUT2D eigenvalue weighted by Crippen LogP contribution is -2.19. The molecule has 0 bridgehead atoms. The smallest absolute Gasteiger partial charge is 0.422 e. The lowest BCUT2D eigenvalue weighted by atomic mass is 10.2. The summed E-state index contributed by atoms with van der Waals surface area (Å²) in [6.45, 7) is -0.0568. The van der Waals surface area contributed by atoms with Gasteiger partial charge in [-0.05, 0) is 19.1 Å². The summed E-state index contributed by atoms with van der Waals surface area (Å²) in [4.78, 5) is 11.0. The normalized spacial score (nSPS) is 12.0. The lowest BCUT2D eigenvalue weighted by molar-refractivity contribution is -0.153. The van der Waals surface area contributed by atoms with E-state index in [0.717, 1.165) is 18.2 Å². The molecule has 0 aliphatic carbocycles. The third-order valence-electron chi connectivity index (χ3n) is 2.20. The fourth-order valence-corrected chi connectivity index (χ4v) is 1.36. The highest BCUT2D eigenvalue weighted by Gasteiger charge is 2.29. The Morgan fingerprint density at radius 3 is 2.62 bits per heavy atom. The van der Waals surface area contributed by atoms with E-state index in [1.807, 2.05) is 0 Å². The van der Waals surface area contributed by atoms with Gasteiger partial charge in [-0.1, -0.05) is 0 Å². The van der Waals surface area contributed by atoms with Gasteiger partial charge in [-0.15, -0.1) is 0 Å². The molecule has 0 heterocycles. The molecule has 0 radical (unpaired) electrons. The van der Waals surface area contributed by atoms with Crippen LogP contribution >= 0.6 is 0 Å². The summed E-state index contributed by atoms with van der Waals surface area (Å²) in [6.07, 6.45) is -3.45. The standard InChI is InChI=1S/C13H13F4NO3/c1-8(5-12(19)20-2)18-10-4-3-9(14)6-11(10)21-7-13(15,16)17/h3-6,18H,7H2,1-2H3/b8-5+. The van der Waals surface area contributed by atoms with Crippen LogP contribution in [0.2, 0.25) is 0 Å². The van der Waals surface area contributed by atoms with Gasteiger partial charge in [-0.25, -0.2) is 9.18 Å². The summed E-state index contributed by atoms with van der Waals surface area (Å²) in [5, 5.41) is 2.64. The van der Waals surface area contributed by atoms with E-state index in [0.29, 0.717) is 5.70 Å². The van der Waals surface area contributed by atoms with Crippen molar-refractivity contribution in [3.63, 3.8) is 0 Å². The Bertz CT molecular complexity index is 541. The molecule has 0 unspecified atom stereocenters. The van der Waals surface area contributed by atoms with Crippen molar-refractivity contribution in [3.8, 4) is 5.75 Å². The molecule has 0 spiro atoms. The summed E-state index contributed by atoms with van der Waals surface area (Å²) in [6, 6.07) is 3.07. The summed E-state index contributed by atoms with van der Waals surface area (Å²) in [5.74, 6) is -1.70. The predicted octanol–water partition coefficient (Wildman–Crippen LogP) is 3.26. The monoisotopic (exact) mass is 307 g/mol. The molecule has 0 aliphatic rings. The van der Waals surface area contributed by atoms with E-state index in [4.69, 9.17) is 0 Å². The molecule has 8 heteroatoms. The predicted molar refractivity (Wildman–Crippen MR) is 67.3 cm³/mol. The number of allylic oxidation sites excluding steroid dienone is 1. The SMILES string of the molecule is COC(=O)/C=C(\C)Nc1ccc(F)cc1OCC(F)(F)F. The summed E-state index contributed by atoms with van der Waals surface area (Å²) >= 11 is 0. The summed E-state index contributed by atoms with van der Waals surface area (Å²) in [5.41, 5.74) is 0.392. The molecule has 1 aromatic rings. The van der Waals surface area contributed by atoms with E-state index in [9.17, 15) is 22.4 Å². The molecule has 21 heavy (non-hydrogen) atoms. The van der Waals surface area contributed by atoms with Gasteiger partial charge < -0.3 is 14.8 Å². The maximum Gasteiger partial charge on any atom is 0.422 e. The number of methoxy groups -OCH3 is 1. The first-order valence-corrected chi connectivity index (χ1v) is 5.73. The Hall–Kier alpha value is -2.25. The maximum absolute atomic E-state index is 13.1. The number of esters is 1. The van der Waals surface area contributed by atoms with Crippen LogP contribution in [0.3, 0.4) is 0 Å². The topological polar surface area (TPSA) is 47.6 Å². The van der Waals surface area contributed by atoms with Crippen molar-refractivity contribution in [1.29, 1.82) is 0 Å². The highest BCUT2D eigenvalue weighted by molar-refractivity contribution is 5.83. The van der Waals surface area contributed by atoms with E-state index in [1.54, 1.807) is 0 Å². The van der Waals surface area contributed by atoms with E-state index in [2.05, 4.69) is 14.8 Å². The number of rotatable bonds is 5. The molecule has 0 saturated carbocycles. The first-order valence-electron chi connectivity index (χ1n) is 5.73. The average Bonchev–Trinajstić information content (AvgIpc) is 2.37. The summed E-state index contributed by atoms with van der Waals surface area (Å²) in [7, 11) is 1.18. The maximum atomic E-state index is 13.1. The third-order valence-corrected chi connectivity index (χ3v) is 2.20. The number of halogens is 4. The van der Waals surface area contributed by atoms with Gasteiger partial charge in [0.05, 0.1) is 12.8 Å². The second-order valence-corrected chi connectivity index (χ2v) is 4.02. The minimum absolute atomic E-state index is 0.0957. The number of carbonyl (C=O) groups is 1. The van der Waals surface area contributed by atoms with Crippen molar-refractivity contribution >= 4 is 11.7 Å². The number of ether oxygens (including phenoxy) is 2. The van der Waals surface area contributed by atoms with E-state index < -0.39 is 24.6 Å². The van der Waals surface area contributed by atoms with Crippen molar-refractivity contribution in [2.75, 3.05) is 19.0 Å². The molecular formula is C13H13F4NO3. The van der Waals surface area contributed by atoms with Crippen LogP contribution in [0.1, 0.15) is 6.92 Å². The molecule has 0 fully saturated rings. The quantitative estimate of drug-likeness (QED) is 0.515. The second-order valence-electron chi connectivity index (χ2n) is 4.02. The molecule has 1 rings (SSSR count). The van der Waals surface area contributed by atoms with E-state index in [-0.39, 0.29) is 11.4 Å². The third kappa shape index (κ3) is 6.15. The van der Waals surface area contributed by atoms with Gasteiger partial charge in [0.2, 0.25) is 0 Å². The number of hydrogen-bond acceptors (Lipinski definition) is 4. The zero-order valence-electron chi connectivity index (χ0n) is 11.3. The number of anilines is 1. The molecular weight excluding hydrogens is 294 g/mol. The second kappa shape index (κ2) is 6.96. The zero-order valence-corrected chi connectivity index (χ0v) is 11.3. The van der Waals surface area contributed by atoms with Crippen LogP contribution in [0.25, 0.3) is 0 Å².